The molecule has 0 atom stereocenters. The smallest absolute Gasteiger partial charge is 0.242 e. The summed E-state index contributed by atoms with van der Waals surface area (Å²) in [6.45, 7) is 2.86. The van der Waals surface area contributed by atoms with Crippen LogP contribution in [0.1, 0.15) is 17.5 Å². The lowest BCUT2D eigenvalue weighted by atomic mass is 9.98. The van der Waals surface area contributed by atoms with Crippen LogP contribution in [0.4, 0.5) is 0 Å². The maximum atomic E-state index is 12.4. The average Bonchev–Trinajstić information content (AvgIpc) is 2.71. The molecule has 3 rings (SSSR count). The molecule has 1 N–H and O–H groups in total. The summed E-state index contributed by atoms with van der Waals surface area (Å²) in [7, 11) is -0.349. The minimum atomic E-state index is -3.62. The molecule has 2 heterocycles. The van der Waals surface area contributed by atoms with Crippen molar-refractivity contribution in [2.45, 2.75) is 24.3 Å². The molecule has 0 fully saturated rings. The van der Waals surface area contributed by atoms with E-state index in [9.17, 15) is 8.42 Å². The van der Waals surface area contributed by atoms with E-state index in [2.05, 4.69) is 30.5 Å². The largest absolute Gasteiger partial charge is 0.493 e. The Morgan fingerprint density at radius 1 is 1.20 bits per heavy atom. The van der Waals surface area contributed by atoms with Gasteiger partial charge in [-0.25, -0.2) is 18.1 Å². The van der Waals surface area contributed by atoms with E-state index in [4.69, 9.17) is 21.1 Å². The summed E-state index contributed by atoms with van der Waals surface area (Å²) in [5.74, 6) is 1.47. The molecule has 1 aromatic carbocycles. The summed E-state index contributed by atoms with van der Waals surface area (Å²) in [5.41, 5.74) is 2.48. The molecule has 0 spiro atoms. The van der Waals surface area contributed by atoms with Gasteiger partial charge in [-0.1, -0.05) is 11.6 Å². The van der Waals surface area contributed by atoms with Gasteiger partial charge in [-0.05, 0) is 64.6 Å². The Morgan fingerprint density at radius 3 is 2.50 bits per heavy atom. The second kappa shape index (κ2) is 11.0. The van der Waals surface area contributed by atoms with E-state index in [0.29, 0.717) is 17.4 Å². The number of rotatable bonds is 8. The van der Waals surface area contributed by atoms with Crippen molar-refractivity contribution in [3.8, 4) is 11.5 Å². The number of ether oxygens (including phenoxy) is 2. The number of sulfonamides is 1. The van der Waals surface area contributed by atoms with Crippen LogP contribution in [0.3, 0.4) is 0 Å². The summed E-state index contributed by atoms with van der Waals surface area (Å²) in [6, 6.07) is 5.51. The number of benzene rings is 1. The third-order valence-electron chi connectivity index (χ3n) is 4.82. The van der Waals surface area contributed by atoms with E-state index in [0.717, 1.165) is 37.6 Å². The van der Waals surface area contributed by atoms with Gasteiger partial charge in [-0.3, -0.25) is 4.90 Å². The highest BCUT2D eigenvalue weighted by Gasteiger charge is 2.20. The molecule has 0 saturated carbocycles. The first-order chi connectivity index (χ1) is 13.8. The first-order valence-electron chi connectivity index (χ1n) is 9.11. The van der Waals surface area contributed by atoms with Gasteiger partial charge >= 0.3 is 0 Å². The van der Waals surface area contributed by atoms with Crippen molar-refractivity contribution in [3.63, 3.8) is 0 Å². The predicted octanol–water partition coefficient (Wildman–Crippen LogP) is 3.66. The first-order valence-corrected chi connectivity index (χ1v) is 11.8. The lowest BCUT2D eigenvalue weighted by Crippen LogP contribution is -2.33. The van der Waals surface area contributed by atoms with Crippen LogP contribution in [0.25, 0.3) is 0 Å². The minimum Gasteiger partial charge on any atom is -0.493 e. The molecule has 0 unspecified atom stereocenters. The molecule has 0 saturated heterocycles. The van der Waals surface area contributed by atoms with Gasteiger partial charge < -0.3 is 9.47 Å². The summed E-state index contributed by atoms with van der Waals surface area (Å²) in [4.78, 5) is 6.26. The summed E-state index contributed by atoms with van der Waals surface area (Å²) in [6.07, 6.45) is 2.87. The standard InChI is InChI=1S/C19H23BrClN3O4S.ClH/c1-27-17-8-13-4-7-24(12-14(13)9-18(17)28-2)6-3-5-23-29(25,26)15-10-16(20)19(21)22-11-15;/h8-11,23H,3-7,12H2,1-2H3;1H. The molecule has 0 amide bonds. The zero-order valence-corrected chi connectivity index (χ0v) is 20.6. The third-order valence-corrected chi connectivity index (χ3v) is 7.38. The van der Waals surface area contributed by atoms with Crippen LogP contribution in [-0.4, -0.2) is 52.2 Å². The molecule has 0 radical (unpaired) electrons. The molecule has 1 aliphatic heterocycles. The summed E-state index contributed by atoms with van der Waals surface area (Å²) < 4.78 is 38.6. The fourth-order valence-electron chi connectivity index (χ4n) is 3.28. The second-order valence-electron chi connectivity index (χ2n) is 6.70. The van der Waals surface area contributed by atoms with E-state index in [-0.39, 0.29) is 22.5 Å². The normalized spacial score (nSPS) is 14.0. The van der Waals surface area contributed by atoms with Crippen molar-refractivity contribution in [1.82, 2.24) is 14.6 Å². The molecule has 1 aliphatic rings. The second-order valence-corrected chi connectivity index (χ2v) is 9.68. The van der Waals surface area contributed by atoms with Crippen LogP contribution < -0.4 is 14.2 Å². The lowest BCUT2D eigenvalue weighted by molar-refractivity contribution is 0.250. The van der Waals surface area contributed by atoms with E-state index in [1.54, 1.807) is 14.2 Å². The van der Waals surface area contributed by atoms with Crippen molar-refractivity contribution in [2.24, 2.45) is 0 Å². The van der Waals surface area contributed by atoms with Crippen molar-refractivity contribution in [3.05, 3.63) is 45.1 Å². The zero-order chi connectivity index (χ0) is 21.0. The van der Waals surface area contributed by atoms with Gasteiger partial charge in [0.1, 0.15) is 10.0 Å². The van der Waals surface area contributed by atoms with Crippen LogP contribution in [0, 0.1) is 0 Å². The Bertz CT molecular complexity index is 992. The third kappa shape index (κ3) is 5.99. The van der Waals surface area contributed by atoms with Gasteiger partial charge in [0.2, 0.25) is 10.0 Å². The molecule has 7 nitrogen and oxygen atoms in total. The Labute approximate surface area is 196 Å². The fourth-order valence-corrected chi connectivity index (χ4v) is 4.92. The molecule has 30 heavy (non-hydrogen) atoms. The molecule has 166 valence electrons. The first kappa shape index (κ1) is 25.2. The minimum absolute atomic E-state index is 0. The number of fused-ring (bicyclic) bond motifs is 1. The van der Waals surface area contributed by atoms with Gasteiger partial charge in [0, 0.05) is 25.8 Å². The lowest BCUT2D eigenvalue weighted by Gasteiger charge is -2.29. The van der Waals surface area contributed by atoms with Crippen LogP contribution in [-0.2, 0) is 23.0 Å². The van der Waals surface area contributed by atoms with Gasteiger partial charge in [0.25, 0.3) is 0 Å². The van der Waals surface area contributed by atoms with Crippen molar-refractivity contribution >= 4 is 50.0 Å². The fraction of sp³-hybridized carbons (Fsp3) is 0.421. The summed E-state index contributed by atoms with van der Waals surface area (Å²) >= 11 is 9.02. The number of halogens is 3. The Hall–Kier alpha value is -1.10. The van der Waals surface area contributed by atoms with Gasteiger partial charge in [0.05, 0.1) is 18.7 Å². The molecule has 11 heteroatoms. The van der Waals surface area contributed by atoms with E-state index in [1.807, 2.05) is 12.1 Å². The van der Waals surface area contributed by atoms with Crippen molar-refractivity contribution < 1.29 is 17.9 Å². The highest BCUT2D eigenvalue weighted by molar-refractivity contribution is 9.10. The number of hydrogen-bond acceptors (Lipinski definition) is 6. The maximum absolute atomic E-state index is 12.4. The predicted molar refractivity (Wildman–Crippen MR) is 123 cm³/mol. The van der Waals surface area contributed by atoms with Gasteiger partial charge in [0.15, 0.2) is 11.5 Å². The molecular weight excluding hydrogens is 517 g/mol. The molecule has 1 aromatic heterocycles. The van der Waals surface area contributed by atoms with E-state index in [1.165, 1.54) is 23.4 Å². The highest BCUT2D eigenvalue weighted by Crippen LogP contribution is 2.33. The van der Waals surface area contributed by atoms with Crippen LogP contribution in [0.2, 0.25) is 5.15 Å². The molecular formula is C19H24BrCl2N3O4S. The molecule has 0 bridgehead atoms. The maximum Gasteiger partial charge on any atom is 0.242 e. The van der Waals surface area contributed by atoms with Crippen LogP contribution >= 0.6 is 39.9 Å². The number of aromatic nitrogens is 1. The SMILES string of the molecule is COc1cc2c(cc1OC)CN(CCCNS(=O)(=O)c1cnc(Cl)c(Br)c1)CC2.Cl. The Balaban J connectivity index is 0.00000320. The van der Waals surface area contributed by atoms with Gasteiger partial charge in [-0.2, -0.15) is 0 Å². The number of hydrogen-bond donors (Lipinski definition) is 1. The number of nitrogens with zero attached hydrogens (tertiary/aromatic N) is 2. The molecule has 2 aromatic rings. The topological polar surface area (TPSA) is 80.8 Å². The number of nitrogens with one attached hydrogen (secondary N) is 1. The number of methoxy groups -OCH3 is 2. The quantitative estimate of drug-likeness (QED) is 0.406. The Morgan fingerprint density at radius 2 is 1.87 bits per heavy atom. The van der Waals surface area contributed by atoms with Gasteiger partial charge in [-0.15, -0.1) is 12.4 Å². The van der Waals surface area contributed by atoms with Crippen molar-refractivity contribution in [1.29, 1.82) is 0 Å². The number of pyridine rings is 1. The average molecular weight is 541 g/mol. The van der Waals surface area contributed by atoms with Crippen molar-refractivity contribution in [2.75, 3.05) is 33.9 Å². The molecule has 0 aliphatic carbocycles. The van der Waals surface area contributed by atoms with E-state index >= 15 is 0 Å². The monoisotopic (exact) mass is 539 g/mol. The van der Waals surface area contributed by atoms with Crippen LogP contribution in [0.15, 0.2) is 33.8 Å². The Kier molecular flexibility index (Phi) is 9.20. The zero-order valence-electron chi connectivity index (χ0n) is 16.7. The highest BCUT2D eigenvalue weighted by atomic mass is 79.9. The summed E-state index contributed by atoms with van der Waals surface area (Å²) in [5, 5.41) is 0.226. The van der Waals surface area contributed by atoms with E-state index < -0.39 is 10.0 Å². The van der Waals surface area contributed by atoms with Crippen LogP contribution in [0.5, 0.6) is 11.5 Å².